The lowest BCUT2D eigenvalue weighted by Gasteiger charge is -1.97. The summed E-state index contributed by atoms with van der Waals surface area (Å²) in [6.45, 7) is 0. The van der Waals surface area contributed by atoms with Crippen LogP contribution < -0.4 is 10.1 Å². The Morgan fingerprint density at radius 1 is 1.12 bits per heavy atom. The number of aromatic nitrogens is 3. The minimum absolute atomic E-state index is 0.184. The molecule has 0 aliphatic rings. The third-order valence-electron chi connectivity index (χ3n) is 3.49. The molecule has 118 valence electrons. The van der Waals surface area contributed by atoms with E-state index in [0.717, 1.165) is 16.9 Å². The van der Waals surface area contributed by atoms with E-state index in [9.17, 15) is 9.18 Å². The Hall–Kier alpha value is -2.57. The van der Waals surface area contributed by atoms with Crippen LogP contribution in [0.25, 0.3) is 22.4 Å². The third kappa shape index (κ3) is 2.50. The highest BCUT2D eigenvalue weighted by Gasteiger charge is 2.12. The molecule has 4 rings (SSSR count). The summed E-state index contributed by atoms with van der Waals surface area (Å²) in [5.74, 6) is 0.000276. The second-order valence-corrected chi connectivity index (χ2v) is 6.46. The van der Waals surface area contributed by atoms with Gasteiger partial charge < -0.3 is 0 Å². The van der Waals surface area contributed by atoms with E-state index >= 15 is 0 Å². The van der Waals surface area contributed by atoms with E-state index in [0.29, 0.717) is 15.3 Å². The Morgan fingerprint density at radius 2 is 1.92 bits per heavy atom. The van der Waals surface area contributed by atoms with E-state index in [1.165, 1.54) is 22.7 Å². The summed E-state index contributed by atoms with van der Waals surface area (Å²) in [7, 11) is 0. The van der Waals surface area contributed by atoms with Crippen LogP contribution in [0.4, 0.5) is 4.39 Å². The molecule has 2 aromatic heterocycles. The van der Waals surface area contributed by atoms with Crippen molar-refractivity contribution in [3.63, 3.8) is 0 Å². The molecule has 0 saturated carbocycles. The first-order valence-corrected chi connectivity index (χ1v) is 8.23. The summed E-state index contributed by atoms with van der Waals surface area (Å²) in [6.07, 6.45) is 1.43. The lowest BCUT2D eigenvalue weighted by atomic mass is 10.2. The molecule has 7 heteroatoms. The van der Waals surface area contributed by atoms with Gasteiger partial charge in [-0.1, -0.05) is 59.3 Å². The number of nitrogens with zero attached hydrogens (tertiary/aromatic N) is 3. The maximum absolute atomic E-state index is 13.9. The largest absolute Gasteiger partial charge is 0.291 e. The van der Waals surface area contributed by atoms with E-state index in [1.807, 2.05) is 30.3 Å². The summed E-state index contributed by atoms with van der Waals surface area (Å²) in [6, 6.07) is 13.8. The third-order valence-corrected chi connectivity index (χ3v) is 4.78. The monoisotopic (exact) mass is 357 g/mol. The van der Waals surface area contributed by atoms with Gasteiger partial charge >= 0.3 is 0 Å². The molecule has 0 bridgehead atoms. The van der Waals surface area contributed by atoms with Gasteiger partial charge in [0.25, 0.3) is 5.56 Å². The molecule has 2 heterocycles. The molecule has 0 aliphatic carbocycles. The number of hydrogen-bond acceptors (Lipinski definition) is 4. The highest BCUT2D eigenvalue weighted by Crippen LogP contribution is 2.20. The first-order valence-electron chi connectivity index (χ1n) is 7.04. The Bertz CT molecular complexity index is 1130. The standard InChI is InChI=1S/C17H9ClFN3OS/c18-12-7-4-8-13(19)11(12)9-14-16(23)22-17(24-14)20-15(21-22)10-5-2-1-3-6-10/h1-9H/b14-9-. The van der Waals surface area contributed by atoms with Crippen LogP contribution in [0.2, 0.25) is 5.02 Å². The Kier molecular flexibility index (Phi) is 3.63. The summed E-state index contributed by atoms with van der Waals surface area (Å²) in [4.78, 5) is 17.3. The van der Waals surface area contributed by atoms with Crippen molar-refractivity contribution in [2.75, 3.05) is 0 Å². The Morgan fingerprint density at radius 3 is 2.62 bits per heavy atom. The van der Waals surface area contributed by atoms with Crippen molar-refractivity contribution in [1.29, 1.82) is 0 Å². The number of benzene rings is 2. The van der Waals surface area contributed by atoms with Crippen molar-refractivity contribution in [2.24, 2.45) is 0 Å². The van der Waals surface area contributed by atoms with Crippen molar-refractivity contribution < 1.29 is 4.39 Å². The van der Waals surface area contributed by atoms with Gasteiger partial charge in [-0.25, -0.2) is 4.39 Å². The lowest BCUT2D eigenvalue weighted by molar-refractivity contribution is 0.625. The summed E-state index contributed by atoms with van der Waals surface area (Å²) in [5, 5.41) is 4.49. The molecule has 0 fully saturated rings. The van der Waals surface area contributed by atoms with Gasteiger partial charge in [0, 0.05) is 11.1 Å². The lowest BCUT2D eigenvalue weighted by Crippen LogP contribution is -2.23. The first kappa shape index (κ1) is 15.0. The smallest absolute Gasteiger partial charge is 0.266 e. The van der Waals surface area contributed by atoms with Crippen molar-refractivity contribution in [3.05, 3.63) is 79.8 Å². The summed E-state index contributed by atoms with van der Waals surface area (Å²) in [5.41, 5.74) is 0.670. The fraction of sp³-hybridized carbons (Fsp3) is 0. The molecule has 2 aromatic carbocycles. The van der Waals surface area contributed by atoms with Gasteiger partial charge in [-0.05, 0) is 18.2 Å². The average molecular weight is 358 g/mol. The predicted octanol–water partition coefficient (Wildman–Crippen LogP) is 3.16. The zero-order valence-corrected chi connectivity index (χ0v) is 13.7. The highest BCUT2D eigenvalue weighted by atomic mass is 35.5. The molecule has 24 heavy (non-hydrogen) atoms. The van der Waals surface area contributed by atoms with Gasteiger partial charge in [-0.3, -0.25) is 4.79 Å². The molecule has 0 radical (unpaired) electrons. The molecule has 0 unspecified atom stereocenters. The topological polar surface area (TPSA) is 47.3 Å². The van der Waals surface area contributed by atoms with Crippen LogP contribution in [0.5, 0.6) is 0 Å². The minimum Gasteiger partial charge on any atom is -0.266 e. The van der Waals surface area contributed by atoms with Crippen molar-refractivity contribution in [3.8, 4) is 11.4 Å². The molecule has 0 amide bonds. The molecule has 0 spiro atoms. The Balaban J connectivity index is 1.88. The van der Waals surface area contributed by atoms with Crippen LogP contribution >= 0.6 is 22.9 Å². The summed E-state index contributed by atoms with van der Waals surface area (Å²) >= 11 is 7.15. The molecular weight excluding hydrogens is 349 g/mol. The van der Waals surface area contributed by atoms with Crippen molar-refractivity contribution >= 4 is 34.0 Å². The SMILES string of the molecule is O=c1/c(=C/c2c(F)cccc2Cl)sc2nc(-c3ccccc3)nn12. The van der Waals surface area contributed by atoms with Crippen LogP contribution in [-0.2, 0) is 0 Å². The fourth-order valence-electron chi connectivity index (χ4n) is 2.32. The number of halogens is 2. The van der Waals surface area contributed by atoms with Crippen molar-refractivity contribution in [2.45, 2.75) is 0 Å². The van der Waals surface area contributed by atoms with Crippen LogP contribution in [0.3, 0.4) is 0 Å². The average Bonchev–Trinajstić information content (AvgIpc) is 3.12. The van der Waals surface area contributed by atoms with E-state index in [-0.39, 0.29) is 16.1 Å². The molecule has 4 aromatic rings. The van der Waals surface area contributed by atoms with Gasteiger partial charge in [0.15, 0.2) is 5.82 Å². The Labute approximate surface area is 144 Å². The van der Waals surface area contributed by atoms with Gasteiger partial charge in [0.05, 0.1) is 9.55 Å². The van der Waals surface area contributed by atoms with E-state index in [4.69, 9.17) is 11.6 Å². The molecule has 0 saturated heterocycles. The van der Waals surface area contributed by atoms with Crippen LogP contribution in [0.1, 0.15) is 5.56 Å². The molecule has 4 nitrogen and oxygen atoms in total. The maximum Gasteiger partial charge on any atom is 0.291 e. The second kappa shape index (κ2) is 5.81. The van der Waals surface area contributed by atoms with Gasteiger partial charge in [-0.2, -0.15) is 9.50 Å². The zero-order valence-electron chi connectivity index (χ0n) is 12.1. The van der Waals surface area contributed by atoms with Crippen LogP contribution in [-0.4, -0.2) is 14.6 Å². The van der Waals surface area contributed by atoms with Crippen LogP contribution in [0.15, 0.2) is 53.3 Å². The molecule has 0 N–H and O–H groups in total. The second-order valence-electron chi connectivity index (χ2n) is 5.05. The van der Waals surface area contributed by atoms with Crippen LogP contribution in [0, 0.1) is 5.82 Å². The van der Waals surface area contributed by atoms with E-state index in [1.54, 1.807) is 6.07 Å². The molecule has 0 atom stereocenters. The predicted molar refractivity (Wildman–Crippen MR) is 92.8 cm³/mol. The van der Waals surface area contributed by atoms with E-state index in [2.05, 4.69) is 10.1 Å². The van der Waals surface area contributed by atoms with Gasteiger partial charge in [-0.15, -0.1) is 5.10 Å². The van der Waals surface area contributed by atoms with E-state index < -0.39 is 5.82 Å². The number of thiazole rings is 1. The quantitative estimate of drug-likeness (QED) is 0.553. The fourth-order valence-corrected chi connectivity index (χ4v) is 3.43. The first-order chi connectivity index (χ1) is 11.6. The number of fused-ring (bicyclic) bond motifs is 1. The van der Waals surface area contributed by atoms with Crippen molar-refractivity contribution in [1.82, 2.24) is 14.6 Å². The maximum atomic E-state index is 13.9. The number of rotatable bonds is 2. The van der Waals surface area contributed by atoms with Gasteiger partial charge in [0.1, 0.15) is 5.82 Å². The normalized spacial score (nSPS) is 12.2. The zero-order chi connectivity index (χ0) is 16.7. The molecular formula is C17H9ClFN3OS. The molecule has 0 aliphatic heterocycles. The summed E-state index contributed by atoms with van der Waals surface area (Å²) < 4.78 is 15.4. The number of hydrogen-bond donors (Lipinski definition) is 0. The van der Waals surface area contributed by atoms with Gasteiger partial charge in [0.2, 0.25) is 4.96 Å². The minimum atomic E-state index is -0.481. The highest BCUT2D eigenvalue weighted by molar-refractivity contribution is 7.15.